The maximum absolute atomic E-state index is 11.9. The van der Waals surface area contributed by atoms with Gasteiger partial charge in [0.1, 0.15) is 16.4 Å². The zero-order valence-corrected chi connectivity index (χ0v) is 14.5. The summed E-state index contributed by atoms with van der Waals surface area (Å²) in [7, 11) is 1.52. The third-order valence-corrected chi connectivity index (χ3v) is 5.01. The number of aromatic nitrogens is 2. The number of allylic oxidation sites excluding steroid dienone is 1. The zero-order valence-electron chi connectivity index (χ0n) is 12.9. The average molecular weight is 365 g/mol. The molecule has 124 valence electrons. The molecule has 0 saturated carbocycles. The Morgan fingerprint density at radius 1 is 1.46 bits per heavy atom. The molecule has 1 aliphatic heterocycles. The van der Waals surface area contributed by atoms with Gasteiger partial charge in [-0.2, -0.15) is 0 Å². The molecule has 0 fully saturated rings. The van der Waals surface area contributed by atoms with Crippen LogP contribution in [-0.2, 0) is 19.0 Å². The Labute approximate surface area is 146 Å². The summed E-state index contributed by atoms with van der Waals surface area (Å²) in [5.41, 5.74) is 1.21. The Morgan fingerprint density at radius 2 is 2.21 bits per heavy atom. The zero-order chi connectivity index (χ0) is 17.5. The molecule has 0 spiro atoms. The maximum Gasteiger partial charge on any atom is 0.351 e. The minimum atomic E-state index is -0.939. The van der Waals surface area contributed by atoms with Crippen molar-refractivity contribution in [1.82, 2.24) is 9.55 Å². The minimum absolute atomic E-state index is 0.173. The van der Waals surface area contributed by atoms with Crippen molar-refractivity contribution in [3.63, 3.8) is 0 Å². The van der Waals surface area contributed by atoms with Gasteiger partial charge in [-0.05, 0) is 41.5 Å². The highest BCUT2D eigenvalue weighted by atomic mass is 35.5. The molecular formula is C15H13ClN4O3S. The van der Waals surface area contributed by atoms with Crippen LogP contribution in [0.2, 0.25) is 5.15 Å². The molecule has 2 aromatic heterocycles. The van der Waals surface area contributed by atoms with E-state index in [0.29, 0.717) is 28.6 Å². The molecule has 1 unspecified atom stereocenters. The van der Waals surface area contributed by atoms with Gasteiger partial charge in [-0.1, -0.05) is 17.7 Å². The van der Waals surface area contributed by atoms with E-state index in [-0.39, 0.29) is 9.87 Å². The molecule has 0 N–H and O–H groups in total. The second-order valence-corrected chi connectivity index (χ2v) is 6.96. The molecular weight excluding hydrogens is 352 g/mol. The Balaban J connectivity index is 1.97. The van der Waals surface area contributed by atoms with E-state index in [1.807, 2.05) is 12.1 Å². The highest BCUT2D eigenvalue weighted by Gasteiger charge is 2.38. The fraction of sp³-hybridized carbons (Fsp3) is 0.267. The lowest BCUT2D eigenvalue weighted by Gasteiger charge is -2.18. The summed E-state index contributed by atoms with van der Waals surface area (Å²) >= 11 is 6.40. The van der Waals surface area contributed by atoms with Crippen LogP contribution in [0.3, 0.4) is 0 Å². The van der Waals surface area contributed by atoms with E-state index in [2.05, 4.69) is 9.98 Å². The van der Waals surface area contributed by atoms with Gasteiger partial charge in [0.15, 0.2) is 0 Å². The van der Waals surface area contributed by atoms with Crippen molar-refractivity contribution in [3.8, 4) is 0 Å². The van der Waals surface area contributed by atoms with Crippen molar-refractivity contribution in [1.29, 1.82) is 0 Å². The van der Waals surface area contributed by atoms with E-state index >= 15 is 0 Å². The largest absolute Gasteiger partial charge is 0.351 e. The quantitative estimate of drug-likeness (QED) is 0.474. The van der Waals surface area contributed by atoms with Crippen LogP contribution in [0, 0.1) is 10.1 Å². The number of aliphatic imine (C=N–C) groups is 1. The summed E-state index contributed by atoms with van der Waals surface area (Å²) < 4.78 is 1.30. The predicted molar refractivity (Wildman–Crippen MR) is 93.1 cm³/mol. The molecule has 7 nitrogen and oxygen atoms in total. The van der Waals surface area contributed by atoms with Crippen molar-refractivity contribution >= 4 is 34.2 Å². The van der Waals surface area contributed by atoms with E-state index in [1.165, 1.54) is 11.6 Å². The van der Waals surface area contributed by atoms with Crippen molar-refractivity contribution in [2.24, 2.45) is 12.0 Å². The summed E-state index contributed by atoms with van der Waals surface area (Å²) in [4.78, 5) is 30.7. The average Bonchev–Trinajstić information content (AvgIpc) is 3.04. The van der Waals surface area contributed by atoms with Crippen LogP contribution >= 0.6 is 22.9 Å². The number of thiazole rings is 1. The molecule has 2 aromatic rings. The van der Waals surface area contributed by atoms with Gasteiger partial charge in [-0.15, -0.1) is 0 Å². The summed E-state index contributed by atoms with van der Waals surface area (Å²) in [5.74, 6) is 0. The van der Waals surface area contributed by atoms with E-state index < -0.39 is 10.5 Å². The second kappa shape index (κ2) is 5.95. The number of nitro groups is 1. The van der Waals surface area contributed by atoms with Gasteiger partial charge >= 0.3 is 9.87 Å². The first-order chi connectivity index (χ1) is 11.3. The lowest BCUT2D eigenvalue weighted by molar-refractivity contribution is -0.381. The second-order valence-electron chi connectivity index (χ2n) is 5.63. The highest BCUT2D eigenvalue weighted by molar-refractivity contribution is 7.12. The Kier molecular flexibility index (Phi) is 4.10. The lowest BCUT2D eigenvalue weighted by Crippen LogP contribution is -2.23. The maximum atomic E-state index is 11.9. The monoisotopic (exact) mass is 364 g/mol. The number of halogens is 1. The van der Waals surface area contributed by atoms with Crippen molar-refractivity contribution in [2.75, 3.05) is 0 Å². The van der Waals surface area contributed by atoms with E-state index in [0.717, 1.165) is 11.1 Å². The molecule has 1 atom stereocenters. The van der Waals surface area contributed by atoms with E-state index in [9.17, 15) is 14.9 Å². The summed E-state index contributed by atoms with van der Waals surface area (Å²) in [6.45, 7) is 1.76. The van der Waals surface area contributed by atoms with Crippen molar-refractivity contribution in [3.05, 3.63) is 66.2 Å². The predicted octanol–water partition coefficient (Wildman–Crippen LogP) is 2.87. The third kappa shape index (κ3) is 2.90. The van der Waals surface area contributed by atoms with Crippen LogP contribution in [0.4, 0.5) is 5.00 Å². The number of pyridine rings is 1. The fourth-order valence-corrected chi connectivity index (χ4v) is 3.76. The topological polar surface area (TPSA) is 90.4 Å². The van der Waals surface area contributed by atoms with Crippen molar-refractivity contribution < 1.29 is 4.92 Å². The van der Waals surface area contributed by atoms with E-state index in [1.54, 1.807) is 25.4 Å². The van der Waals surface area contributed by atoms with Gasteiger partial charge < -0.3 is 0 Å². The van der Waals surface area contributed by atoms with E-state index in [4.69, 9.17) is 11.6 Å². The number of hydrogen-bond acceptors (Lipinski definition) is 6. The molecule has 24 heavy (non-hydrogen) atoms. The lowest BCUT2D eigenvalue weighted by atomic mass is 9.96. The molecule has 0 aliphatic carbocycles. The Bertz CT molecular complexity index is 929. The molecule has 0 bridgehead atoms. The van der Waals surface area contributed by atoms with Gasteiger partial charge in [0.2, 0.25) is 0 Å². The Morgan fingerprint density at radius 3 is 2.83 bits per heavy atom. The molecule has 0 radical (unpaired) electrons. The van der Waals surface area contributed by atoms with Crippen LogP contribution in [-0.4, -0.2) is 20.7 Å². The first kappa shape index (κ1) is 16.5. The van der Waals surface area contributed by atoms with Crippen LogP contribution < -0.4 is 4.87 Å². The number of hydrogen-bond donors (Lipinski definition) is 0. The molecule has 9 heteroatoms. The number of nitrogens with zero attached hydrogens (tertiary/aromatic N) is 4. The summed E-state index contributed by atoms with van der Waals surface area (Å²) in [5, 5.41) is 11.5. The minimum Gasteiger partial charge on any atom is -0.297 e. The number of rotatable bonds is 4. The normalized spacial score (nSPS) is 19.5. The first-order valence-electron chi connectivity index (χ1n) is 7.02. The first-order valence-corrected chi connectivity index (χ1v) is 8.22. The van der Waals surface area contributed by atoms with Crippen molar-refractivity contribution in [2.45, 2.75) is 18.9 Å². The third-order valence-electron chi connectivity index (χ3n) is 3.80. The van der Waals surface area contributed by atoms with Gasteiger partial charge in [0.25, 0.3) is 0 Å². The smallest absolute Gasteiger partial charge is 0.297 e. The van der Waals surface area contributed by atoms with Gasteiger partial charge in [0.05, 0.1) is 4.92 Å². The van der Waals surface area contributed by atoms with Crippen LogP contribution in [0.25, 0.3) is 0 Å². The fourth-order valence-electron chi connectivity index (χ4n) is 2.74. The molecule has 0 aromatic carbocycles. The highest BCUT2D eigenvalue weighted by Crippen LogP contribution is 2.38. The van der Waals surface area contributed by atoms with Gasteiger partial charge in [-0.25, -0.2) is 4.98 Å². The summed E-state index contributed by atoms with van der Waals surface area (Å²) in [6.07, 6.45) is 5.78. The standard InChI is InChI=1S/C15H13ClN4O3S/c1-15(12-13(20(22)23)24-14(21)19(12)2)6-10(8-18-15)5-9-3-4-11(16)17-7-9/h3-4,6-8H,5H2,1-2H3. The molecule has 1 aliphatic rings. The molecule has 3 heterocycles. The van der Waals surface area contributed by atoms with Gasteiger partial charge in [0, 0.05) is 25.9 Å². The van der Waals surface area contributed by atoms with Crippen LogP contribution in [0.1, 0.15) is 18.2 Å². The van der Waals surface area contributed by atoms with Crippen LogP contribution in [0.15, 0.2) is 39.8 Å². The molecule has 0 amide bonds. The van der Waals surface area contributed by atoms with Crippen LogP contribution in [0.5, 0.6) is 0 Å². The van der Waals surface area contributed by atoms with Gasteiger partial charge in [-0.3, -0.25) is 24.5 Å². The Hall–Kier alpha value is -2.32. The molecule has 3 rings (SSSR count). The SMILES string of the molecule is Cn1c(C2(C)C=C(Cc3ccc(Cl)nc3)C=N2)c([N+](=O)[O-])sc1=O. The summed E-state index contributed by atoms with van der Waals surface area (Å²) in [6, 6.07) is 3.57. The molecule has 0 saturated heterocycles.